The normalized spacial score (nSPS) is 12.2. The van der Waals surface area contributed by atoms with E-state index in [0.29, 0.717) is 0 Å². The van der Waals surface area contributed by atoms with Crippen molar-refractivity contribution in [2.75, 3.05) is 7.11 Å². The molecule has 2 rings (SSSR count). The molecule has 5 heteroatoms. The van der Waals surface area contributed by atoms with E-state index in [1.54, 1.807) is 6.07 Å². The molecule has 1 heterocycles. The van der Waals surface area contributed by atoms with E-state index in [0.717, 1.165) is 0 Å². The zero-order chi connectivity index (χ0) is 13.8. The van der Waals surface area contributed by atoms with Gasteiger partial charge in [0.15, 0.2) is 11.6 Å². The molecule has 0 fully saturated rings. The number of benzene rings is 1. The van der Waals surface area contributed by atoms with E-state index < -0.39 is 17.7 Å². The number of ether oxygens (including phenoxy) is 1. The summed E-state index contributed by atoms with van der Waals surface area (Å²) < 4.78 is 32.2. The fourth-order valence-corrected chi connectivity index (χ4v) is 1.82. The lowest BCUT2D eigenvalue weighted by molar-refractivity contribution is 0.167. The number of methoxy groups -OCH3 is 1. The highest BCUT2D eigenvalue weighted by Gasteiger charge is 2.18. The maximum absolute atomic E-state index is 13.9. The Labute approximate surface area is 109 Å². The van der Waals surface area contributed by atoms with Crippen LogP contribution in [0.2, 0.25) is 0 Å². The fourth-order valence-electron chi connectivity index (χ4n) is 1.82. The summed E-state index contributed by atoms with van der Waals surface area (Å²) in [6.07, 6.45) is 0.100. The standard InChI is InChI=1S/C14H13F2NO2/c1-19-12-6-2-4-9(13(12)16)8-11(18)14-10(15)5-3-7-17-14/h2-7,11,18H,8H2,1H3. The van der Waals surface area contributed by atoms with Crippen LogP contribution in [0.5, 0.6) is 5.75 Å². The minimum Gasteiger partial charge on any atom is -0.494 e. The van der Waals surface area contributed by atoms with Crippen LogP contribution in [0.25, 0.3) is 0 Å². The lowest BCUT2D eigenvalue weighted by atomic mass is 10.0. The van der Waals surface area contributed by atoms with E-state index in [4.69, 9.17) is 4.74 Å². The number of aliphatic hydroxyl groups excluding tert-OH is 1. The van der Waals surface area contributed by atoms with Crippen LogP contribution in [0.4, 0.5) is 8.78 Å². The minimum atomic E-state index is -1.21. The van der Waals surface area contributed by atoms with Gasteiger partial charge in [0.2, 0.25) is 0 Å². The van der Waals surface area contributed by atoms with Crippen LogP contribution in [0.15, 0.2) is 36.5 Å². The van der Waals surface area contributed by atoms with Gasteiger partial charge in [-0.1, -0.05) is 12.1 Å². The van der Waals surface area contributed by atoms with Crippen LogP contribution in [0.1, 0.15) is 17.4 Å². The molecule has 1 N–H and O–H groups in total. The van der Waals surface area contributed by atoms with Gasteiger partial charge >= 0.3 is 0 Å². The maximum atomic E-state index is 13.9. The van der Waals surface area contributed by atoms with Gasteiger partial charge in [-0.15, -0.1) is 0 Å². The van der Waals surface area contributed by atoms with Crippen molar-refractivity contribution in [1.29, 1.82) is 0 Å². The molecule has 100 valence electrons. The van der Waals surface area contributed by atoms with Gasteiger partial charge < -0.3 is 9.84 Å². The molecule has 0 amide bonds. The van der Waals surface area contributed by atoms with Crippen LogP contribution in [0.3, 0.4) is 0 Å². The number of hydrogen-bond donors (Lipinski definition) is 1. The van der Waals surface area contributed by atoms with Crippen molar-refractivity contribution in [3.8, 4) is 5.75 Å². The molecule has 19 heavy (non-hydrogen) atoms. The molecule has 0 aliphatic heterocycles. The van der Waals surface area contributed by atoms with Gasteiger partial charge in [-0.05, 0) is 23.8 Å². The van der Waals surface area contributed by atoms with E-state index in [-0.39, 0.29) is 23.4 Å². The van der Waals surface area contributed by atoms with Crippen molar-refractivity contribution in [2.24, 2.45) is 0 Å². The number of hydrogen-bond acceptors (Lipinski definition) is 3. The molecule has 0 saturated heterocycles. The summed E-state index contributed by atoms with van der Waals surface area (Å²) in [4.78, 5) is 3.77. The van der Waals surface area contributed by atoms with Gasteiger partial charge in [0.05, 0.1) is 7.11 Å². The number of aliphatic hydroxyl groups is 1. The first-order chi connectivity index (χ1) is 9.13. The highest BCUT2D eigenvalue weighted by Crippen LogP contribution is 2.25. The Morgan fingerprint density at radius 3 is 2.74 bits per heavy atom. The third-order valence-corrected chi connectivity index (χ3v) is 2.78. The molecule has 0 radical (unpaired) electrons. The highest BCUT2D eigenvalue weighted by atomic mass is 19.1. The first-order valence-electron chi connectivity index (χ1n) is 5.73. The van der Waals surface area contributed by atoms with E-state index in [2.05, 4.69) is 4.98 Å². The first-order valence-corrected chi connectivity index (χ1v) is 5.73. The molecule has 0 bridgehead atoms. The second kappa shape index (κ2) is 5.75. The molecule has 1 unspecified atom stereocenters. The third-order valence-electron chi connectivity index (χ3n) is 2.78. The van der Waals surface area contributed by atoms with Crippen molar-refractivity contribution < 1.29 is 18.6 Å². The molecular formula is C14H13F2NO2. The SMILES string of the molecule is COc1cccc(CC(O)c2ncccc2F)c1F. The summed E-state index contributed by atoms with van der Waals surface area (Å²) in [5.41, 5.74) is 0.154. The summed E-state index contributed by atoms with van der Waals surface area (Å²) in [5, 5.41) is 9.93. The maximum Gasteiger partial charge on any atom is 0.168 e. The summed E-state index contributed by atoms with van der Waals surface area (Å²) in [5.74, 6) is -1.08. The van der Waals surface area contributed by atoms with Crippen molar-refractivity contribution in [1.82, 2.24) is 4.98 Å². The highest BCUT2D eigenvalue weighted by molar-refractivity contribution is 5.32. The van der Waals surface area contributed by atoms with Crippen molar-refractivity contribution in [2.45, 2.75) is 12.5 Å². The first kappa shape index (κ1) is 13.4. The zero-order valence-electron chi connectivity index (χ0n) is 10.3. The van der Waals surface area contributed by atoms with Gasteiger partial charge in [-0.25, -0.2) is 8.78 Å². The Bertz CT molecular complexity index is 575. The Morgan fingerprint density at radius 2 is 2.05 bits per heavy atom. The predicted octanol–water partition coefficient (Wildman–Crippen LogP) is 2.64. The van der Waals surface area contributed by atoms with E-state index in [1.165, 1.54) is 37.6 Å². The monoisotopic (exact) mass is 265 g/mol. The van der Waals surface area contributed by atoms with Crippen molar-refractivity contribution in [3.05, 3.63) is 59.4 Å². The average molecular weight is 265 g/mol. The van der Waals surface area contributed by atoms with Gasteiger partial charge in [-0.2, -0.15) is 0 Å². The Balaban J connectivity index is 2.24. The number of aromatic nitrogens is 1. The number of rotatable bonds is 4. The van der Waals surface area contributed by atoms with Crippen LogP contribution in [0, 0.1) is 11.6 Å². The number of nitrogens with zero attached hydrogens (tertiary/aromatic N) is 1. The molecule has 0 saturated carbocycles. The summed E-state index contributed by atoms with van der Waals surface area (Å²) in [7, 11) is 1.36. The van der Waals surface area contributed by atoms with Gasteiger partial charge in [0, 0.05) is 12.6 Å². The Morgan fingerprint density at radius 1 is 1.26 bits per heavy atom. The largest absolute Gasteiger partial charge is 0.494 e. The molecule has 1 aromatic carbocycles. The summed E-state index contributed by atoms with van der Waals surface area (Å²) >= 11 is 0. The topological polar surface area (TPSA) is 42.4 Å². The quantitative estimate of drug-likeness (QED) is 0.924. The number of halogens is 2. The van der Waals surface area contributed by atoms with E-state index in [9.17, 15) is 13.9 Å². The molecule has 1 atom stereocenters. The lowest BCUT2D eigenvalue weighted by Gasteiger charge is -2.12. The Hall–Kier alpha value is -2.01. The van der Waals surface area contributed by atoms with Crippen LogP contribution >= 0.6 is 0 Å². The second-order valence-corrected chi connectivity index (χ2v) is 4.02. The molecule has 2 aromatic rings. The van der Waals surface area contributed by atoms with Gasteiger partial charge in [0.1, 0.15) is 17.6 Å². The van der Waals surface area contributed by atoms with Gasteiger partial charge in [-0.3, -0.25) is 4.98 Å². The molecule has 0 aliphatic carbocycles. The Kier molecular flexibility index (Phi) is 4.06. The molecule has 1 aromatic heterocycles. The van der Waals surface area contributed by atoms with E-state index in [1.807, 2.05) is 0 Å². The fraction of sp³-hybridized carbons (Fsp3) is 0.214. The molecular weight excluding hydrogens is 252 g/mol. The summed E-state index contributed by atoms with van der Waals surface area (Å²) in [6, 6.07) is 7.23. The van der Waals surface area contributed by atoms with Crippen LogP contribution in [-0.2, 0) is 6.42 Å². The third kappa shape index (κ3) is 2.88. The lowest BCUT2D eigenvalue weighted by Crippen LogP contribution is -2.08. The number of pyridine rings is 1. The van der Waals surface area contributed by atoms with Crippen molar-refractivity contribution in [3.63, 3.8) is 0 Å². The van der Waals surface area contributed by atoms with Crippen molar-refractivity contribution >= 4 is 0 Å². The smallest absolute Gasteiger partial charge is 0.168 e. The predicted molar refractivity (Wildman–Crippen MR) is 65.8 cm³/mol. The zero-order valence-corrected chi connectivity index (χ0v) is 10.3. The van der Waals surface area contributed by atoms with Crippen LogP contribution < -0.4 is 4.74 Å². The molecule has 0 aliphatic rings. The molecule has 3 nitrogen and oxygen atoms in total. The van der Waals surface area contributed by atoms with E-state index >= 15 is 0 Å². The summed E-state index contributed by atoms with van der Waals surface area (Å²) in [6.45, 7) is 0. The minimum absolute atomic E-state index is 0.0725. The van der Waals surface area contributed by atoms with Crippen LogP contribution in [-0.4, -0.2) is 17.2 Å². The average Bonchev–Trinajstić information content (AvgIpc) is 2.41. The molecule has 0 spiro atoms. The van der Waals surface area contributed by atoms with Gasteiger partial charge in [0.25, 0.3) is 0 Å². The second-order valence-electron chi connectivity index (χ2n) is 4.02.